The summed E-state index contributed by atoms with van der Waals surface area (Å²) in [5.74, 6) is 0.189. The summed E-state index contributed by atoms with van der Waals surface area (Å²) in [4.78, 5) is 12.2. The molecule has 1 aliphatic carbocycles. The van der Waals surface area contributed by atoms with Gasteiger partial charge in [-0.05, 0) is 12.8 Å². The number of methoxy groups -OCH3 is 1. The first-order valence-electron chi connectivity index (χ1n) is 5.98. The van der Waals surface area contributed by atoms with Crippen molar-refractivity contribution in [1.29, 1.82) is 0 Å². The van der Waals surface area contributed by atoms with Gasteiger partial charge in [0.15, 0.2) is 0 Å². The van der Waals surface area contributed by atoms with Gasteiger partial charge in [0, 0.05) is 17.9 Å². The third-order valence-corrected chi connectivity index (χ3v) is 4.18. The second kappa shape index (κ2) is 6.60. The molecule has 0 radical (unpaired) electrons. The molecule has 1 saturated carbocycles. The van der Waals surface area contributed by atoms with Crippen molar-refractivity contribution in [2.75, 3.05) is 19.0 Å². The zero-order valence-corrected chi connectivity index (χ0v) is 11.8. The number of ether oxygens (including phenoxy) is 1. The standard InChI is InChI=1S/C12H22BrNO2/c1-12(6-4-3-5-7-12)11(15)14-10(8-13)9-16-2/h10H,3-9H2,1-2H3,(H,14,15). The molecule has 1 atom stereocenters. The molecule has 16 heavy (non-hydrogen) atoms. The van der Waals surface area contributed by atoms with Crippen LogP contribution in [-0.4, -0.2) is 31.0 Å². The predicted molar refractivity (Wildman–Crippen MR) is 68.8 cm³/mol. The number of nitrogens with one attached hydrogen (secondary N) is 1. The van der Waals surface area contributed by atoms with Gasteiger partial charge >= 0.3 is 0 Å². The number of halogens is 1. The van der Waals surface area contributed by atoms with Crippen LogP contribution >= 0.6 is 15.9 Å². The molecular formula is C12H22BrNO2. The lowest BCUT2D eigenvalue weighted by Gasteiger charge is -2.33. The number of carbonyl (C=O) groups is 1. The van der Waals surface area contributed by atoms with E-state index in [4.69, 9.17) is 4.74 Å². The van der Waals surface area contributed by atoms with E-state index in [1.807, 2.05) is 0 Å². The van der Waals surface area contributed by atoms with E-state index < -0.39 is 0 Å². The van der Waals surface area contributed by atoms with Crippen molar-refractivity contribution >= 4 is 21.8 Å². The summed E-state index contributed by atoms with van der Waals surface area (Å²) in [6, 6.07) is 0.0799. The van der Waals surface area contributed by atoms with E-state index in [9.17, 15) is 4.79 Å². The summed E-state index contributed by atoms with van der Waals surface area (Å²) in [6.45, 7) is 2.65. The molecule has 4 heteroatoms. The molecule has 1 unspecified atom stereocenters. The molecule has 1 rings (SSSR count). The zero-order chi connectivity index (χ0) is 12.0. The molecule has 3 nitrogen and oxygen atoms in total. The Morgan fingerprint density at radius 2 is 2.06 bits per heavy atom. The Morgan fingerprint density at radius 3 is 2.56 bits per heavy atom. The number of carbonyl (C=O) groups excluding carboxylic acids is 1. The van der Waals surface area contributed by atoms with Crippen LogP contribution in [-0.2, 0) is 9.53 Å². The molecule has 0 bridgehead atoms. The third-order valence-electron chi connectivity index (χ3n) is 3.39. The van der Waals surface area contributed by atoms with Gasteiger partial charge in [-0.25, -0.2) is 0 Å². The molecule has 0 heterocycles. The van der Waals surface area contributed by atoms with Crippen LogP contribution in [0.3, 0.4) is 0 Å². The Labute approximate surface area is 106 Å². The lowest BCUT2D eigenvalue weighted by Crippen LogP contribution is -2.47. The molecule has 1 fully saturated rings. The van der Waals surface area contributed by atoms with Crippen molar-refractivity contribution in [2.45, 2.75) is 45.1 Å². The smallest absolute Gasteiger partial charge is 0.226 e. The molecule has 1 amide bonds. The molecule has 0 aromatic carbocycles. The molecule has 94 valence electrons. The van der Waals surface area contributed by atoms with Gasteiger partial charge in [0.05, 0.1) is 12.6 Å². The van der Waals surface area contributed by atoms with Gasteiger partial charge in [-0.1, -0.05) is 42.1 Å². The zero-order valence-electron chi connectivity index (χ0n) is 10.2. The average molecular weight is 292 g/mol. The van der Waals surface area contributed by atoms with E-state index in [1.165, 1.54) is 19.3 Å². The number of hydrogen-bond acceptors (Lipinski definition) is 2. The highest BCUT2D eigenvalue weighted by molar-refractivity contribution is 9.09. The van der Waals surface area contributed by atoms with Crippen LogP contribution in [0.25, 0.3) is 0 Å². The largest absolute Gasteiger partial charge is 0.383 e. The van der Waals surface area contributed by atoms with Gasteiger partial charge in [0.1, 0.15) is 0 Å². The highest BCUT2D eigenvalue weighted by Crippen LogP contribution is 2.35. The number of amides is 1. The van der Waals surface area contributed by atoms with Gasteiger partial charge in [-0.2, -0.15) is 0 Å². The molecule has 1 aliphatic rings. The minimum absolute atomic E-state index is 0.0799. The summed E-state index contributed by atoms with van der Waals surface area (Å²) in [5.41, 5.74) is -0.160. The van der Waals surface area contributed by atoms with Gasteiger partial charge in [0.25, 0.3) is 0 Å². The number of rotatable bonds is 5. The molecule has 1 N–H and O–H groups in total. The normalized spacial score (nSPS) is 21.4. The number of alkyl halides is 1. The maximum absolute atomic E-state index is 12.2. The molecule has 0 saturated heterocycles. The quantitative estimate of drug-likeness (QED) is 0.791. The maximum Gasteiger partial charge on any atom is 0.226 e. The molecule has 0 spiro atoms. The molecule has 0 aromatic rings. The number of hydrogen-bond donors (Lipinski definition) is 1. The minimum Gasteiger partial charge on any atom is -0.383 e. The SMILES string of the molecule is COCC(CBr)NC(=O)C1(C)CCCCC1. The second-order valence-electron chi connectivity index (χ2n) is 4.90. The lowest BCUT2D eigenvalue weighted by molar-refractivity contribution is -0.132. The fourth-order valence-electron chi connectivity index (χ4n) is 2.24. The Morgan fingerprint density at radius 1 is 1.44 bits per heavy atom. The van der Waals surface area contributed by atoms with Crippen molar-refractivity contribution < 1.29 is 9.53 Å². The van der Waals surface area contributed by atoms with Crippen molar-refractivity contribution in [1.82, 2.24) is 5.32 Å². The van der Waals surface area contributed by atoms with E-state index >= 15 is 0 Å². The third kappa shape index (κ3) is 3.74. The van der Waals surface area contributed by atoms with Gasteiger partial charge in [-0.15, -0.1) is 0 Å². The Hall–Kier alpha value is -0.0900. The summed E-state index contributed by atoms with van der Waals surface area (Å²) in [7, 11) is 1.66. The summed E-state index contributed by atoms with van der Waals surface area (Å²) in [5, 5.41) is 3.81. The molecule has 0 aromatic heterocycles. The van der Waals surface area contributed by atoms with E-state index in [0.29, 0.717) is 6.61 Å². The Bertz CT molecular complexity index is 227. The van der Waals surface area contributed by atoms with Gasteiger partial charge in [0.2, 0.25) is 5.91 Å². The van der Waals surface area contributed by atoms with E-state index in [2.05, 4.69) is 28.2 Å². The van der Waals surface area contributed by atoms with Crippen LogP contribution < -0.4 is 5.32 Å². The second-order valence-corrected chi connectivity index (χ2v) is 5.55. The fraction of sp³-hybridized carbons (Fsp3) is 0.917. The molecular weight excluding hydrogens is 270 g/mol. The summed E-state index contributed by atoms with van der Waals surface area (Å²) >= 11 is 3.39. The van der Waals surface area contributed by atoms with E-state index in [1.54, 1.807) is 7.11 Å². The highest BCUT2D eigenvalue weighted by Gasteiger charge is 2.35. The fourth-order valence-corrected chi connectivity index (χ4v) is 2.59. The summed E-state index contributed by atoms with van der Waals surface area (Å²) in [6.07, 6.45) is 5.64. The van der Waals surface area contributed by atoms with Crippen LogP contribution in [0.1, 0.15) is 39.0 Å². The van der Waals surface area contributed by atoms with Crippen molar-refractivity contribution in [3.05, 3.63) is 0 Å². The first kappa shape index (κ1) is 14.0. The average Bonchev–Trinajstić information content (AvgIpc) is 2.29. The first-order valence-corrected chi connectivity index (χ1v) is 7.10. The predicted octanol–water partition coefficient (Wildman–Crippen LogP) is 2.48. The van der Waals surface area contributed by atoms with Crippen molar-refractivity contribution in [3.8, 4) is 0 Å². The van der Waals surface area contributed by atoms with Crippen LogP contribution in [0.15, 0.2) is 0 Å². The minimum atomic E-state index is -0.160. The lowest BCUT2D eigenvalue weighted by atomic mass is 9.75. The van der Waals surface area contributed by atoms with E-state index in [-0.39, 0.29) is 17.4 Å². The monoisotopic (exact) mass is 291 g/mol. The van der Waals surface area contributed by atoms with Crippen LogP contribution in [0.4, 0.5) is 0 Å². The first-order chi connectivity index (χ1) is 7.62. The van der Waals surface area contributed by atoms with Crippen LogP contribution in [0, 0.1) is 5.41 Å². The maximum atomic E-state index is 12.2. The topological polar surface area (TPSA) is 38.3 Å². The van der Waals surface area contributed by atoms with E-state index in [0.717, 1.165) is 18.2 Å². The van der Waals surface area contributed by atoms with Gasteiger partial charge < -0.3 is 10.1 Å². The summed E-state index contributed by atoms with van der Waals surface area (Å²) < 4.78 is 5.07. The van der Waals surface area contributed by atoms with Crippen molar-refractivity contribution in [3.63, 3.8) is 0 Å². The Kier molecular flexibility index (Phi) is 5.76. The highest BCUT2D eigenvalue weighted by atomic mass is 79.9. The van der Waals surface area contributed by atoms with Gasteiger partial charge in [-0.3, -0.25) is 4.79 Å². The van der Waals surface area contributed by atoms with Crippen LogP contribution in [0.5, 0.6) is 0 Å². The van der Waals surface area contributed by atoms with Crippen LogP contribution in [0.2, 0.25) is 0 Å². The van der Waals surface area contributed by atoms with Crippen molar-refractivity contribution in [2.24, 2.45) is 5.41 Å². The molecule has 0 aliphatic heterocycles. The Balaban J connectivity index is 2.48.